The van der Waals surface area contributed by atoms with Crippen LogP contribution in [0.3, 0.4) is 0 Å². The van der Waals surface area contributed by atoms with E-state index in [0.717, 1.165) is 5.56 Å². The van der Waals surface area contributed by atoms with Crippen molar-refractivity contribution in [2.45, 2.75) is 13.8 Å². The lowest BCUT2D eigenvalue weighted by Gasteiger charge is -2.10. The van der Waals surface area contributed by atoms with Crippen molar-refractivity contribution in [1.29, 1.82) is 0 Å². The highest BCUT2D eigenvalue weighted by molar-refractivity contribution is 5.52. The standard InChI is InChI=1S/C14H13NO4/c1-9-6-7-11(15(17)18)14(8-9)19-13-5-3-4-12(16)10(13)2/h3-8,16H,1-2H3. The van der Waals surface area contributed by atoms with Crippen LogP contribution in [0.15, 0.2) is 36.4 Å². The van der Waals surface area contributed by atoms with Gasteiger partial charge in [0.15, 0.2) is 0 Å². The van der Waals surface area contributed by atoms with Crippen LogP contribution in [0.25, 0.3) is 0 Å². The van der Waals surface area contributed by atoms with Crippen LogP contribution in [0.2, 0.25) is 0 Å². The third kappa shape index (κ3) is 2.65. The van der Waals surface area contributed by atoms with Gasteiger partial charge < -0.3 is 9.84 Å². The van der Waals surface area contributed by atoms with Gasteiger partial charge in [-0.3, -0.25) is 10.1 Å². The van der Waals surface area contributed by atoms with Crippen LogP contribution in [0, 0.1) is 24.0 Å². The molecule has 0 aliphatic rings. The Hall–Kier alpha value is -2.56. The fourth-order valence-corrected chi connectivity index (χ4v) is 1.69. The summed E-state index contributed by atoms with van der Waals surface area (Å²) in [4.78, 5) is 10.5. The summed E-state index contributed by atoms with van der Waals surface area (Å²) in [6.07, 6.45) is 0. The van der Waals surface area contributed by atoms with E-state index >= 15 is 0 Å². The van der Waals surface area contributed by atoms with Crippen molar-refractivity contribution < 1.29 is 14.8 Å². The van der Waals surface area contributed by atoms with E-state index in [1.165, 1.54) is 12.1 Å². The Kier molecular flexibility index (Phi) is 3.37. The average molecular weight is 259 g/mol. The molecule has 1 N–H and O–H groups in total. The number of nitro groups is 1. The molecule has 0 spiro atoms. The normalized spacial score (nSPS) is 10.2. The van der Waals surface area contributed by atoms with E-state index in [1.54, 1.807) is 31.2 Å². The Morgan fingerprint density at radius 3 is 2.58 bits per heavy atom. The molecule has 0 saturated carbocycles. The zero-order valence-electron chi connectivity index (χ0n) is 10.6. The quantitative estimate of drug-likeness (QED) is 0.673. The molecule has 2 rings (SSSR count). The second kappa shape index (κ2) is 4.97. The first-order chi connectivity index (χ1) is 8.99. The zero-order chi connectivity index (χ0) is 14.0. The maximum Gasteiger partial charge on any atom is 0.311 e. The van der Waals surface area contributed by atoms with E-state index in [0.29, 0.717) is 11.3 Å². The van der Waals surface area contributed by atoms with Crippen LogP contribution >= 0.6 is 0 Å². The molecule has 5 heteroatoms. The van der Waals surface area contributed by atoms with Crippen LogP contribution in [-0.4, -0.2) is 10.0 Å². The van der Waals surface area contributed by atoms with Crippen molar-refractivity contribution in [3.05, 3.63) is 57.6 Å². The first kappa shape index (κ1) is 12.9. The van der Waals surface area contributed by atoms with Crippen LogP contribution in [0.1, 0.15) is 11.1 Å². The summed E-state index contributed by atoms with van der Waals surface area (Å²) in [5, 5.41) is 20.5. The van der Waals surface area contributed by atoms with Gasteiger partial charge in [-0.15, -0.1) is 0 Å². The van der Waals surface area contributed by atoms with E-state index in [9.17, 15) is 15.2 Å². The largest absolute Gasteiger partial charge is 0.508 e. The van der Waals surface area contributed by atoms with Crippen molar-refractivity contribution in [3.63, 3.8) is 0 Å². The number of phenols is 1. The lowest BCUT2D eigenvalue weighted by atomic mass is 10.2. The third-order valence-corrected chi connectivity index (χ3v) is 2.79. The van der Waals surface area contributed by atoms with E-state index in [4.69, 9.17) is 4.74 Å². The van der Waals surface area contributed by atoms with Crippen LogP contribution in [0.4, 0.5) is 5.69 Å². The van der Waals surface area contributed by atoms with Crippen molar-refractivity contribution in [3.8, 4) is 17.2 Å². The van der Waals surface area contributed by atoms with Crippen LogP contribution in [-0.2, 0) is 0 Å². The maximum absolute atomic E-state index is 11.0. The smallest absolute Gasteiger partial charge is 0.311 e. The SMILES string of the molecule is Cc1ccc([N+](=O)[O-])c(Oc2cccc(O)c2C)c1. The highest BCUT2D eigenvalue weighted by atomic mass is 16.6. The second-order valence-corrected chi connectivity index (χ2v) is 4.23. The lowest BCUT2D eigenvalue weighted by molar-refractivity contribution is -0.385. The van der Waals surface area contributed by atoms with E-state index in [1.807, 2.05) is 6.92 Å². The number of nitro benzene ring substituents is 1. The number of benzene rings is 2. The summed E-state index contributed by atoms with van der Waals surface area (Å²) in [6, 6.07) is 9.47. The summed E-state index contributed by atoms with van der Waals surface area (Å²) in [6.45, 7) is 3.51. The van der Waals surface area contributed by atoms with E-state index in [-0.39, 0.29) is 17.2 Å². The molecule has 0 aliphatic carbocycles. The molecule has 0 aromatic heterocycles. The molecule has 2 aromatic carbocycles. The Morgan fingerprint density at radius 2 is 1.89 bits per heavy atom. The van der Waals surface area contributed by atoms with Gasteiger partial charge in [-0.2, -0.15) is 0 Å². The Bertz CT molecular complexity index is 637. The summed E-state index contributed by atoms with van der Waals surface area (Å²) in [5.74, 6) is 0.653. The van der Waals surface area contributed by atoms with Crippen molar-refractivity contribution >= 4 is 5.69 Å². The molecule has 0 amide bonds. The predicted octanol–water partition coefficient (Wildman–Crippen LogP) is 3.71. The number of phenolic OH excluding ortho intramolecular Hbond substituents is 1. The molecule has 0 atom stereocenters. The number of hydrogen-bond donors (Lipinski definition) is 1. The van der Waals surface area contributed by atoms with Crippen LogP contribution < -0.4 is 4.74 Å². The summed E-state index contributed by atoms with van der Waals surface area (Å²) >= 11 is 0. The minimum Gasteiger partial charge on any atom is -0.508 e. The molecular weight excluding hydrogens is 246 g/mol. The topological polar surface area (TPSA) is 72.6 Å². The molecular formula is C14H13NO4. The molecule has 0 saturated heterocycles. The molecule has 0 fully saturated rings. The molecule has 98 valence electrons. The third-order valence-electron chi connectivity index (χ3n) is 2.79. The molecule has 0 bridgehead atoms. The van der Waals surface area contributed by atoms with E-state index in [2.05, 4.69) is 0 Å². The van der Waals surface area contributed by atoms with Gasteiger partial charge in [0.05, 0.1) is 4.92 Å². The molecule has 0 heterocycles. The van der Waals surface area contributed by atoms with Gasteiger partial charge in [0.25, 0.3) is 0 Å². The Labute approximate surface area is 110 Å². The van der Waals surface area contributed by atoms with Crippen molar-refractivity contribution in [2.75, 3.05) is 0 Å². The molecule has 0 aliphatic heterocycles. The van der Waals surface area contributed by atoms with Gasteiger partial charge in [0.1, 0.15) is 11.5 Å². The van der Waals surface area contributed by atoms with Gasteiger partial charge in [-0.05, 0) is 37.6 Å². The van der Waals surface area contributed by atoms with Crippen molar-refractivity contribution in [1.82, 2.24) is 0 Å². The lowest BCUT2D eigenvalue weighted by Crippen LogP contribution is -1.95. The first-order valence-electron chi connectivity index (χ1n) is 5.70. The Morgan fingerprint density at radius 1 is 1.16 bits per heavy atom. The van der Waals surface area contributed by atoms with Gasteiger partial charge in [-0.25, -0.2) is 0 Å². The summed E-state index contributed by atoms with van der Waals surface area (Å²) in [5.41, 5.74) is 1.30. The molecule has 0 unspecified atom stereocenters. The van der Waals surface area contributed by atoms with Gasteiger partial charge >= 0.3 is 5.69 Å². The number of aryl methyl sites for hydroxylation is 1. The number of aromatic hydroxyl groups is 1. The summed E-state index contributed by atoms with van der Waals surface area (Å²) < 4.78 is 5.56. The average Bonchev–Trinajstić information content (AvgIpc) is 2.35. The molecule has 19 heavy (non-hydrogen) atoms. The fraction of sp³-hybridized carbons (Fsp3) is 0.143. The minimum absolute atomic E-state index is 0.0906. The van der Waals surface area contributed by atoms with E-state index < -0.39 is 4.92 Å². The number of ether oxygens (including phenoxy) is 1. The van der Waals surface area contributed by atoms with Crippen molar-refractivity contribution in [2.24, 2.45) is 0 Å². The maximum atomic E-state index is 11.0. The number of hydrogen-bond acceptors (Lipinski definition) is 4. The van der Waals surface area contributed by atoms with Gasteiger partial charge in [0.2, 0.25) is 5.75 Å². The predicted molar refractivity (Wildman–Crippen MR) is 70.8 cm³/mol. The highest BCUT2D eigenvalue weighted by Crippen LogP contribution is 2.35. The second-order valence-electron chi connectivity index (χ2n) is 4.23. The number of nitrogens with zero attached hydrogens (tertiary/aromatic N) is 1. The fourth-order valence-electron chi connectivity index (χ4n) is 1.69. The van der Waals surface area contributed by atoms with Crippen LogP contribution in [0.5, 0.6) is 17.2 Å². The van der Waals surface area contributed by atoms with Gasteiger partial charge in [0, 0.05) is 11.6 Å². The highest BCUT2D eigenvalue weighted by Gasteiger charge is 2.16. The van der Waals surface area contributed by atoms with Gasteiger partial charge in [-0.1, -0.05) is 12.1 Å². The molecule has 5 nitrogen and oxygen atoms in total. The summed E-state index contributed by atoms with van der Waals surface area (Å²) in [7, 11) is 0. The number of rotatable bonds is 3. The monoisotopic (exact) mass is 259 g/mol. The first-order valence-corrected chi connectivity index (χ1v) is 5.70. The molecule has 2 aromatic rings. The Balaban J connectivity index is 2.45. The molecule has 0 radical (unpaired) electrons. The zero-order valence-corrected chi connectivity index (χ0v) is 10.6. The minimum atomic E-state index is -0.493.